The van der Waals surface area contributed by atoms with Crippen LogP contribution in [0.5, 0.6) is 0 Å². The zero-order valence-corrected chi connectivity index (χ0v) is 21.5. The van der Waals surface area contributed by atoms with E-state index in [1.165, 1.54) is 21.5 Å². The number of para-hydroxylation sites is 4. The summed E-state index contributed by atoms with van der Waals surface area (Å²) in [4.78, 5) is 4.79. The van der Waals surface area contributed by atoms with E-state index in [9.17, 15) is 5.26 Å². The largest absolute Gasteiger partial charge is 0.309 e. The zero-order chi connectivity index (χ0) is 26.6. The van der Waals surface area contributed by atoms with Gasteiger partial charge in [-0.1, -0.05) is 72.8 Å². The summed E-state index contributed by atoms with van der Waals surface area (Å²) in [6, 6.07) is 46.4. The SMILES string of the molecule is N#Cc1ccc(-n2c3ccccc3c3ccccc32)cc1-c1ccnc(-n2c3ccccc3c3ccccc32)c1. The second kappa shape index (κ2) is 8.69. The normalized spacial score (nSPS) is 11.5. The summed E-state index contributed by atoms with van der Waals surface area (Å²) >= 11 is 0. The summed E-state index contributed by atoms with van der Waals surface area (Å²) in [5, 5.41) is 14.9. The molecule has 0 atom stereocenters. The first-order valence-electron chi connectivity index (χ1n) is 13.3. The summed E-state index contributed by atoms with van der Waals surface area (Å²) in [5.41, 5.74) is 7.96. The first-order valence-corrected chi connectivity index (χ1v) is 13.3. The van der Waals surface area contributed by atoms with Gasteiger partial charge in [-0.05, 0) is 60.2 Å². The molecular weight excluding hydrogens is 488 g/mol. The molecule has 3 heterocycles. The van der Waals surface area contributed by atoms with E-state index in [2.05, 4.69) is 124 Å². The van der Waals surface area contributed by atoms with Crippen LogP contribution in [0.25, 0.3) is 66.2 Å². The molecule has 4 heteroatoms. The van der Waals surface area contributed by atoms with Crippen LogP contribution in [-0.2, 0) is 0 Å². The Balaban J connectivity index is 1.36. The van der Waals surface area contributed by atoms with E-state index in [4.69, 9.17) is 4.98 Å². The fourth-order valence-corrected chi connectivity index (χ4v) is 6.09. The van der Waals surface area contributed by atoms with Crippen molar-refractivity contribution in [1.82, 2.24) is 14.1 Å². The van der Waals surface area contributed by atoms with Crippen LogP contribution in [0.15, 0.2) is 134 Å². The van der Waals surface area contributed by atoms with Crippen molar-refractivity contribution in [2.45, 2.75) is 0 Å². The molecule has 0 N–H and O–H groups in total. The molecule has 0 amide bonds. The van der Waals surface area contributed by atoms with Crippen LogP contribution in [0.2, 0.25) is 0 Å². The van der Waals surface area contributed by atoms with Gasteiger partial charge >= 0.3 is 0 Å². The van der Waals surface area contributed by atoms with E-state index in [0.717, 1.165) is 44.7 Å². The highest BCUT2D eigenvalue weighted by molar-refractivity contribution is 6.10. The molecule has 186 valence electrons. The van der Waals surface area contributed by atoms with Gasteiger partial charge < -0.3 is 4.57 Å². The summed E-state index contributed by atoms with van der Waals surface area (Å²) in [7, 11) is 0. The molecular formula is C36H22N4. The third kappa shape index (κ3) is 3.22. The lowest BCUT2D eigenvalue weighted by Crippen LogP contribution is -1.99. The van der Waals surface area contributed by atoms with Crippen LogP contribution in [0.1, 0.15) is 5.56 Å². The molecule has 8 aromatic rings. The molecule has 0 aliphatic rings. The highest BCUT2D eigenvalue weighted by Gasteiger charge is 2.16. The van der Waals surface area contributed by atoms with Crippen molar-refractivity contribution in [2.75, 3.05) is 0 Å². The summed E-state index contributed by atoms with van der Waals surface area (Å²) < 4.78 is 4.49. The standard InChI is InChI=1S/C36H22N4/c37-23-25-17-18-26(39-32-13-5-1-9-27(32)28-10-2-6-14-33(28)39)22-31(25)24-19-20-38-36(21-24)40-34-15-7-3-11-29(34)30-12-4-8-16-35(30)40/h1-22H. The van der Waals surface area contributed by atoms with Gasteiger partial charge in [0, 0.05) is 39.0 Å². The average molecular weight is 511 g/mol. The molecule has 3 aromatic heterocycles. The predicted molar refractivity (Wildman–Crippen MR) is 163 cm³/mol. The molecule has 0 aliphatic carbocycles. The van der Waals surface area contributed by atoms with Crippen molar-refractivity contribution >= 4 is 43.6 Å². The third-order valence-corrected chi connectivity index (χ3v) is 7.83. The minimum Gasteiger partial charge on any atom is -0.309 e. The van der Waals surface area contributed by atoms with Gasteiger partial charge in [-0.2, -0.15) is 5.26 Å². The van der Waals surface area contributed by atoms with E-state index in [-0.39, 0.29) is 0 Å². The lowest BCUT2D eigenvalue weighted by Gasteiger charge is -2.13. The molecule has 0 fully saturated rings. The van der Waals surface area contributed by atoms with E-state index < -0.39 is 0 Å². The molecule has 4 nitrogen and oxygen atoms in total. The Bertz CT molecular complexity index is 2190. The van der Waals surface area contributed by atoms with Crippen molar-refractivity contribution in [2.24, 2.45) is 0 Å². The Labute approximate surface area is 230 Å². The maximum atomic E-state index is 10.1. The molecule has 0 saturated carbocycles. The minimum atomic E-state index is 0.629. The Hall–Kier alpha value is -5.66. The van der Waals surface area contributed by atoms with E-state index in [1.807, 2.05) is 24.4 Å². The average Bonchev–Trinajstić information content (AvgIpc) is 3.54. The Morgan fingerprint density at radius 1 is 0.525 bits per heavy atom. The maximum Gasteiger partial charge on any atom is 0.138 e. The van der Waals surface area contributed by atoms with Gasteiger partial charge in [-0.15, -0.1) is 0 Å². The third-order valence-electron chi connectivity index (χ3n) is 7.83. The van der Waals surface area contributed by atoms with Crippen LogP contribution < -0.4 is 0 Å². The second-order valence-corrected chi connectivity index (χ2v) is 9.98. The molecule has 0 bridgehead atoms. The number of hydrogen-bond acceptors (Lipinski definition) is 2. The fraction of sp³-hybridized carbons (Fsp3) is 0. The monoisotopic (exact) mass is 510 g/mol. The van der Waals surface area contributed by atoms with Gasteiger partial charge in [-0.3, -0.25) is 4.57 Å². The molecule has 8 rings (SSSR count). The fourth-order valence-electron chi connectivity index (χ4n) is 6.09. The Kier molecular flexibility index (Phi) is 4.85. The Morgan fingerprint density at radius 2 is 1.02 bits per heavy atom. The van der Waals surface area contributed by atoms with E-state index in [1.54, 1.807) is 0 Å². The van der Waals surface area contributed by atoms with Crippen LogP contribution in [-0.4, -0.2) is 14.1 Å². The quantitative estimate of drug-likeness (QED) is 0.238. The van der Waals surface area contributed by atoms with Crippen molar-refractivity contribution in [1.29, 1.82) is 5.26 Å². The van der Waals surface area contributed by atoms with Crippen molar-refractivity contribution in [3.05, 3.63) is 139 Å². The van der Waals surface area contributed by atoms with Crippen molar-refractivity contribution in [3.8, 4) is 28.7 Å². The summed E-state index contributed by atoms with van der Waals surface area (Å²) in [6.45, 7) is 0. The number of pyridine rings is 1. The van der Waals surface area contributed by atoms with Crippen LogP contribution >= 0.6 is 0 Å². The minimum absolute atomic E-state index is 0.629. The molecule has 0 saturated heterocycles. The van der Waals surface area contributed by atoms with Gasteiger partial charge in [0.15, 0.2) is 0 Å². The lowest BCUT2D eigenvalue weighted by atomic mass is 10.00. The van der Waals surface area contributed by atoms with Crippen molar-refractivity contribution in [3.63, 3.8) is 0 Å². The van der Waals surface area contributed by atoms with Crippen LogP contribution in [0.4, 0.5) is 0 Å². The number of rotatable bonds is 3. The Morgan fingerprint density at radius 3 is 1.55 bits per heavy atom. The number of aromatic nitrogens is 3. The smallest absolute Gasteiger partial charge is 0.138 e. The second-order valence-electron chi connectivity index (χ2n) is 9.98. The number of nitriles is 1. The van der Waals surface area contributed by atoms with Gasteiger partial charge in [0.25, 0.3) is 0 Å². The molecule has 0 unspecified atom stereocenters. The number of fused-ring (bicyclic) bond motifs is 6. The molecule has 40 heavy (non-hydrogen) atoms. The molecule has 0 spiro atoms. The number of nitrogens with zero attached hydrogens (tertiary/aromatic N) is 4. The van der Waals surface area contributed by atoms with Gasteiger partial charge in [0.1, 0.15) is 5.82 Å². The van der Waals surface area contributed by atoms with Gasteiger partial charge in [0.05, 0.1) is 33.7 Å². The van der Waals surface area contributed by atoms with E-state index in [0.29, 0.717) is 5.56 Å². The first-order chi connectivity index (χ1) is 19.8. The lowest BCUT2D eigenvalue weighted by molar-refractivity contribution is 1.08. The first kappa shape index (κ1) is 22.3. The molecule has 0 aliphatic heterocycles. The van der Waals surface area contributed by atoms with Gasteiger partial charge in [-0.25, -0.2) is 4.98 Å². The molecule has 0 radical (unpaired) electrons. The van der Waals surface area contributed by atoms with Crippen LogP contribution in [0, 0.1) is 11.3 Å². The molecule has 5 aromatic carbocycles. The van der Waals surface area contributed by atoms with Crippen molar-refractivity contribution < 1.29 is 0 Å². The predicted octanol–water partition coefficient (Wildman–Crippen LogP) is 8.81. The summed E-state index contributed by atoms with van der Waals surface area (Å²) in [5.74, 6) is 0.820. The highest BCUT2D eigenvalue weighted by atomic mass is 15.1. The number of benzene rings is 5. The zero-order valence-electron chi connectivity index (χ0n) is 21.5. The van der Waals surface area contributed by atoms with E-state index >= 15 is 0 Å². The maximum absolute atomic E-state index is 10.1. The highest BCUT2D eigenvalue weighted by Crippen LogP contribution is 2.36. The number of hydrogen-bond donors (Lipinski definition) is 0. The topological polar surface area (TPSA) is 46.5 Å². The van der Waals surface area contributed by atoms with Crippen LogP contribution in [0.3, 0.4) is 0 Å². The van der Waals surface area contributed by atoms with Gasteiger partial charge in [0.2, 0.25) is 0 Å². The summed E-state index contributed by atoms with van der Waals surface area (Å²) in [6.07, 6.45) is 1.84.